The van der Waals surface area contributed by atoms with E-state index in [1.165, 1.54) is 6.21 Å². The Morgan fingerprint density at radius 3 is 2.41 bits per heavy atom. The molecule has 0 aliphatic carbocycles. The maximum Gasteiger partial charge on any atom is 0.346 e. The van der Waals surface area contributed by atoms with Crippen molar-refractivity contribution in [2.75, 3.05) is 20.8 Å². The molecule has 1 N–H and O–H groups in total. The Bertz CT molecular complexity index is 1000. The maximum absolute atomic E-state index is 13.0. The Hall–Kier alpha value is -3.55. The SMILES string of the molecule is COc1ccc([C@]2(C)NC(=O)N(N=Cc3ccc(OCCC(C)C)c(OC)c3)C2=O)cc1. The van der Waals surface area contributed by atoms with Gasteiger partial charge >= 0.3 is 6.03 Å². The number of amides is 3. The van der Waals surface area contributed by atoms with Crippen molar-refractivity contribution in [1.82, 2.24) is 10.3 Å². The van der Waals surface area contributed by atoms with E-state index in [4.69, 9.17) is 14.2 Å². The Morgan fingerprint density at radius 2 is 1.78 bits per heavy atom. The van der Waals surface area contributed by atoms with Crippen molar-refractivity contribution in [1.29, 1.82) is 0 Å². The van der Waals surface area contributed by atoms with Crippen LogP contribution in [-0.2, 0) is 10.3 Å². The maximum atomic E-state index is 13.0. The molecule has 1 fully saturated rings. The molecule has 3 amide bonds. The van der Waals surface area contributed by atoms with Crippen LogP contribution in [0.3, 0.4) is 0 Å². The van der Waals surface area contributed by atoms with Crippen LogP contribution in [-0.4, -0.2) is 44.0 Å². The third-order valence-electron chi connectivity index (χ3n) is 5.30. The highest BCUT2D eigenvalue weighted by Gasteiger charge is 2.49. The fourth-order valence-electron chi connectivity index (χ4n) is 3.26. The molecule has 1 atom stereocenters. The minimum Gasteiger partial charge on any atom is -0.497 e. The number of nitrogens with zero attached hydrogens (tertiary/aromatic N) is 2. The molecule has 0 aromatic heterocycles. The molecule has 0 radical (unpaired) electrons. The van der Waals surface area contributed by atoms with E-state index >= 15 is 0 Å². The van der Waals surface area contributed by atoms with Gasteiger partial charge in [-0.25, -0.2) is 4.79 Å². The average molecular weight is 440 g/mol. The number of benzene rings is 2. The summed E-state index contributed by atoms with van der Waals surface area (Å²) in [5, 5.41) is 7.69. The molecule has 0 spiro atoms. The smallest absolute Gasteiger partial charge is 0.346 e. The van der Waals surface area contributed by atoms with Crippen LogP contribution in [0.2, 0.25) is 0 Å². The van der Waals surface area contributed by atoms with Crippen LogP contribution in [0, 0.1) is 5.92 Å². The van der Waals surface area contributed by atoms with Crippen molar-refractivity contribution in [3.63, 3.8) is 0 Å². The molecule has 1 heterocycles. The highest BCUT2D eigenvalue weighted by Crippen LogP contribution is 2.31. The Kier molecular flexibility index (Phi) is 7.02. The summed E-state index contributed by atoms with van der Waals surface area (Å²) >= 11 is 0. The van der Waals surface area contributed by atoms with Crippen LogP contribution in [0.5, 0.6) is 17.2 Å². The third kappa shape index (κ3) is 4.85. The van der Waals surface area contributed by atoms with Gasteiger partial charge in [0.05, 0.1) is 27.0 Å². The summed E-state index contributed by atoms with van der Waals surface area (Å²) in [5.41, 5.74) is 0.0857. The van der Waals surface area contributed by atoms with E-state index in [9.17, 15) is 9.59 Å². The summed E-state index contributed by atoms with van der Waals surface area (Å²) in [6.07, 6.45) is 2.38. The second-order valence-electron chi connectivity index (χ2n) is 8.09. The first-order valence-electron chi connectivity index (χ1n) is 10.4. The second kappa shape index (κ2) is 9.72. The van der Waals surface area contributed by atoms with Crippen molar-refractivity contribution < 1.29 is 23.8 Å². The number of carbonyl (C=O) groups excluding carboxylic acids is 2. The predicted octanol–water partition coefficient (Wildman–Crippen LogP) is 3.93. The molecule has 2 aromatic carbocycles. The van der Waals surface area contributed by atoms with Gasteiger partial charge in [-0.05, 0) is 60.7 Å². The summed E-state index contributed by atoms with van der Waals surface area (Å²) in [7, 11) is 3.12. The van der Waals surface area contributed by atoms with Gasteiger partial charge in [0.25, 0.3) is 5.91 Å². The van der Waals surface area contributed by atoms with Crippen molar-refractivity contribution in [2.45, 2.75) is 32.7 Å². The number of hydrogen-bond donors (Lipinski definition) is 1. The van der Waals surface area contributed by atoms with Gasteiger partial charge in [0, 0.05) is 0 Å². The van der Waals surface area contributed by atoms with Crippen LogP contribution in [0.1, 0.15) is 38.3 Å². The minimum atomic E-state index is -1.22. The Labute approximate surface area is 188 Å². The molecule has 0 bridgehead atoms. The number of hydrogen-bond acceptors (Lipinski definition) is 6. The first-order chi connectivity index (χ1) is 15.3. The van der Waals surface area contributed by atoms with Crippen molar-refractivity contribution >= 4 is 18.2 Å². The van der Waals surface area contributed by atoms with Gasteiger partial charge in [0.2, 0.25) is 0 Å². The lowest BCUT2D eigenvalue weighted by atomic mass is 9.92. The second-order valence-corrected chi connectivity index (χ2v) is 8.09. The molecule has 0 unspecified atom stereocenters. The van der Waals surface area contributed by atoms with Crippen LogP contribution in [0.25, 0.3) is 0 Å². The summed E-state index contributed by atoms with van der Waals surface area (Å²) < 4.78 is 16.4. The van der Waals surface area contributed by atoms with E-state index in [-0.39, 0.29) is 0 Å². The average Bonchev–Trinajstić information content (AvgIpc) is 3.01. The number of ether oxygens (including phenoxy) is 3. The van der Waals surface area contributed by atoms with Crippen molar-refractivity contribution in [3.05, 3.63) is 53.6 Å². The third-order valence-corrected chi connectivity index (χ3v) is 5.30. The Balaban J connectivity index is 1.75. The number of nitrogens with one attached hydrogen (secondary N) is 1. The minimum absolute atomic E-state index is 0.468. The Morgan fingerprint density at radius 1 is 1.06 bits per heavy atom. The van der Waals surface area contributed by atoms with E-state index in [1.807, 2.05) is 0 Å². The van der Waals surface area contributed by atoms with E-state index in [1.54, 1.807) is 63.6 Å². The van der Waals surface area contributed by atoms with Crippen LogP contribution >= 0.6 is 0 Å². The van der Waals surface area contributed by atoms with Gasteiger partial charge in [-0.15, -0.1) is 5.01 Å². The van der Waals surface area contributed by atoms with Crippen LogP contribution < -0.4 is 19.5 Å². The number of urea groups is 1. The van der Waals surface area contributed by atoms with Crippen LogP contribution in [0.4, 0.5) is 4.79 Å². The zero-order chi connectivity index (χ0) is 23.3. The van der Waals surface area contributed by atoms with Gasteiger partial charge in [-0.1, -0.05) is 26.0 Å². The summed E-state index contributed by atoms with van der Waals surface area (Å²) in [4.78, 5) is 25.5. The largest absolute Gasteiger partial charge is 0.497 e. The summed E-state index contributed by atoms with van der Waals surface area (Å²) in [6, 6.07) is 11.7. The summed E-state index contributed by atoms with van der Waals surface area (Å²) in [6.45, 7) is 6.51. The van der Waals surface area contributed by atoms with Crippen LogP contribution in [0.15, 0.2) is 47.6 Å². The highest BCUT2D eigenvalue weighted by atomic mass is 16.5. The molecule has 8 heteroatoms. The standard InChI is InChI=1S/C24H29N3O5/c1-16(2)12-13-32-20-11-6-17(14-21(20)31-5)15-25-27-22(28)24(3,26-23(27)29)18-7-9-19(30-4)10-8-18/h6-11,14-16H,12-13H2,1-5H3,(H,26,29)/t24-/m0/s1. The molecular formula is C24H29N3O5. The molecule has 170 valence electrons. The number of methoxy groups -OCH3 is 2. The van der Waals surface area contributed by atoms with E-state index in [2.05, 4.69) is 24.3 Å². The number of carbonyl (C=O) groups is 2. The highest BCUT2D eigenvalue weighted by molar-refractivity contribution is 6.07. The molecule has 1 saturated heterocycles. The molecule has 32 heavy (non-hydrogen) atoms. The van der Waals surface area contributed by atoms with E-state index in [0.29, 0.717) is 40.9 Å². The van der Waals surface area contributed by atoms with Crippen molar-refractivity contribution in [2.24, 2.45) is 11.0 Å². The molecule has 0 saturated carbocycles. The predicted molar refractivity (Wildman–Crippen MR) is 121 cm³/mol. The zero-order valence-corrected chi connectivity index (χ0v) is 19.0. The fourth-order valence-corrected chi connectivity index (χ4v) is 3.26. The molecule has 2 aromatic rings. The van der Waals surface area contributed by atoms with E-state index in [0.717, 1.165) is 11.4 Å². The lowest BCUT2D eigenvalue weighted by molar-refractivity contribution is -0.131. The van der Waals surface area contributed by atoms with Gasteiger partial charge in [-0.2, -0.15) is 5.10 Å². The van der Waals surface area contributed by atoms with E-state index < -0.39 is 17.5 Å². The number of rotatable bonds is 9. The first-order valence-corrected chi connectivity index (χ1v) is 10.4. The van der Waals surface area contributed by atoms with Gasteiger partial charge in [-0.3, -0.25) is 4.79 Å². The molecule has 1 aliphatic heterocycles. The molecule has 1 aliphatic rings. The van der Waals surface area contributed by atoms with Crippen molar-refractivity contribution in [3.8, 4) is 17.2 Å². The van der Waals surface area contributed by atoms with Gasteiger partial charge < -0.3 is 19.5 Å². The quantitative estimate of drug-likeness (QED) is 0.472. The number of hydrazone groups is 1. The summed E-state index contributed by atoms with van der Waals surface area (Å²) in [5.74, 6) is 1.92. The fraction of sp³-hybridized carbons (Fsp3) is 0.375. The lowest BCUT2D eigenvalue weighted by Crippen LogP contribution is -2.40. The lowest BCUT2D eigenvalue weighted by Gasteiger charge is -2.21. The number of imide groups is 1. The monoisotopic (exact) mass is 439 g/mol. The topological polar surface area (TPSA) is 89.5 Å². The first kappa shape index (κ1) is 23.1. The van der Waals surface area contributed by atoms with Gasteiger partial charge in [0.1, 0.15) is 11.3 Å². The molecule has 3 rings (SSSR count). The molecule has 8 nitrogen and oxygen atoms in total. The van der Waals surface area contributed by atoms with Gasteiger partial charge in [0.15, 0.2) is 11.5 Å². The normalized spacial score (nSPS) is 18.4. The molecular weight excluding hydrogens is 410 g/mol. The zero-order valence-electron chi connectivity index (χ0n) is 19.0.